The zero-order valence-electron chi connectivity index (χ0n) is 12.5. The molecule has 7 nitrogen and oxygen atoms in total. The molecular formula is C13H19N5O2S. The molecule has 0 atom stereocenters. The fourth-order valence-electron chi connectivity index (χ4n) is 2.00. The summed E-state index contributed by atoms with van der Waals surface area (Å²) >= 11 is 0. The van der Waals surface area contributed by atoms with Gasteiger partial charge in [0.25, 0.3) is 10.0 Å². The first-order valence-corrected chi connectivity index (χ1v) is 7.80. The van der Waals surface area contributed by atoms with E-state index in [4.69, 9.17) is 5.73 Å². The number of hydrogen-bond acceptors (Lipinski definition) is 5. The van der Waals surface area contributed by atoms with Crippen molar-refractivity contribution in [3.8, 4) is 0 Å². The molecule has 0 radical (unpaired) electrons. The maximum atomic E-state index is 12.5. The molecular weight excluding hydrogens is 290 g/mol. The normalized spacial score (nSPS) is 11.4. The molecule has 2 aromatic rings. The van der Waals surface area contributed by atoms with Gasteiger partial charge in [0.1, 0.15) is 0 Å². The monoisotopic (exact) mass is 309 g/mol. The Balaban J connectivity index is 2.40. The average molecular weight is 309 g/mol. The minimum absolute atomic E-state index is 0.00809. The molecule has 1 heterocycles. The van der Waals surface area contributed by atoms with Crippen molar-refractivity contribution in [2.45, 2.75) is 11.8 Å². The molecule has 114 valence electrons. The number of aryl methyl sites for hydroxylation is 1. The number of nitrogens with two attached hydrogens (primary N) is 1. The molecule has 0 fully saturated rings. The van der Waals surface area contributed by atoms with E-state index in [9.17, 15) is 8.42 Å². The van der Waals surface area contributed by atoms with Crippen molar-refractivity contribution in [3.63, 3.8) is 0 Å². The number of nitrogen functional groups attached to an aromatic ring is 1. The first-order valence-electron chi connectivity index (χ1n) is 6.31. The van der Waals surface area contributed by atoms with Crippen molar-refractivity contribution in [1.29, 1.82) is 0 Å². The fourth-order valence-corrected chi connectivity index (χ4v) is 3.38. The largest absolute Gasteiger partial charge is 0.381 e. The highest BCUT2D eigenvalue weighted by Gasteiger charge is 2.24. The number of anilines is 3. The van der Waals surface area contributed by atoms with E-state index >= 15 is 0 Å². The summed E-state index contributed by atoms with van der Waals surface area (Å²) in [6.07, 6.45) is 0. The second kappa shape index (κ2) is 5.28. The predicted molar refractivity (Wildman–Crippen MR) is 83.9 cm³/mol. The van der Waals surface area contributed by atoms with Gasteiger partial charge < -0.3 is 10.6 Å². The Bertz CT molecular complexity index is 765. The molecule has 3 N–H and O–H groups in total. The minimum atomic E-state index is -3.77. The van der Waals surface area contributed by atoms with E-state index in [2.05, 4.69) is 9.82 Å². The van der Waals surface area contributed by atoms with Crippen molar-refractivity contribution >= 4 is 27.2 Å². The van der Waals surface area contributed by atoms with E-state index in [1.807, 2.05) is 25.1 Å². The second-order valence-electron chi connectivity index (χ2n) is 4.97. The smallest absolute Gasteiger partial charge is 0.267 e. The molecule has 0 amide bonds. The van der Waals surface area contributed by atoms with Gasteiger partial charge in [0.15, 0.2) is 10.7 Å². The van der Waals surface area contributed by atoms with Crippen LogP contribution in [-0.4, -0.2) is 32.3 Å². The molecule has 8 heteroatoms. The fraction of sp³-hybridized carbons (Fsp3) is 0.308. The highest BCUT2D eigenvalue weighted by atomic mass is 32.2. The van der Waals surface area contributed by atoms with E-state index in [-0.39, 0.29) is 10.7 Å². The number of hydrogen-bond donors (Lipinski definition) is 2. The number of nitrogens with one attached hydrogen (secondary N) is 1. The van der Waals surface area contributed by atoms with Crippen LogP contribution >= 0.6 is 0 Å². The third kappa shape index (κ3) is 2.94. The van der Waals surface area contributed by atoms with Crippen LogP contribution in [-0.2, 0) is 17.1 Å². The topological polar surface area (TPSA) is 93.2 Å². The molecule has 1 aromatic carbocycles. The van der Waals surface area contributed by atoms with Gasteiger partial charge in [-0.2, -0.15) is 5.10 Å². The van der Waals surface area contributed by atoms with Crippen LogP contribution < -0.4 is 15.4 Å². The lowest BCUT2D eigenvalue weighted by atomic mass is 10.3. The van der Waals surface area contributed by atoms with Gasteiger partial charge >= 0.3 is 0 Å². The number of nitrogens with zero attached hydrogens (tertiary/aromatic N) is 3. The lowest BCUT2D eigenvalue weighted by Crippen LogP contribution is -2.16. The number of benzene rings is 1. The van der Waals surface area contributed by atoms with Gasteiger partial charge in [-0.25, -0.2) is 8.42 Å². The molecule has 0 saturated heterocycles. The summed E-state index contributed by atoms with van der Waals surface area (Å²) in [6.45, 7) is 1.66. The lowest BCUT2D eigenvalue weighted by Gasteiger charge is -2.14. The maximum Gasteiger partial charge on any atom is 0.267 e. The van der Waals surface area contributed by atoms with Crippen LogP contribution in [0.2, 0.25) is 0 Å². The summed E-state index contributed by atoms with van der Waals surface area (Å²) in [5, 5.41) is 3.93. The van der Waals surface area contributed by atoms with E-state index in [1.165, 1.54) is 4.68 Å². The molecule has 0 saturated carbocycles. The molecule has 1 aromatic heterocycles. The van der Waals surface area contributed by atoms with Crippen LogP contribution in [0.15, 0.2) is 29.2 Å². The van der Waals surface area contributed by atoms with Crippen LogP contribution in [0.3, 0.4) is 0 Å². The summed E-state index contributed by atoms with van der Waals surface area (Å²) in [7, 11) is 1.65. The Morgan fingerprint density at radius 3 is 2.52 bits per heavy atom. The Morgan fingerprint density at radius 1 is 1.33 bits per heavy atom. The van der Waals surface area contributed by atoms with Crippen LogP contribution in [0.25, 0.3) is 0 Å². The van der Waals surface area contributed by atoms with E-state index in [1.54, 1.807) is 32.2 Å². The van der Waals surface area contributed by atoms with E-state index < -0.39 is 10.0 Å². The molecule has 0 unspecified atom stereocenters. The van der Waals surface area contributed by atoms with E-state index in [0.717, 1.165) is 5.69 Å². The van der Waals surface area contributed by atoms with Gasteiger partial charge in [0.2, 0.25) is 0 Å². The van der Waals surface area contributed by atoms with Crippen molar-refractivity contribution in [2.75, 3.05) is 29.5 Å². The summed E-state index contributed by atoms with van der Waals surface area (Å²) < 4.78 is 28.9. The summed E-state index contributed by atoms with van der Waals surface area (Å²) in [6, 6.07) is 7.11. The molecule has 0 aliphatic carbocycles. The zero-order chi connectivity index (χ0) is 15.8. The van der Waals surface area contributed by atoms with Gasteiger partial charge in [-0.15, -0.1) is 0 Å². The first-order chi connectivity index (χ1) is 9.72. The molecule has 0 aliphatic rings. The summed E-state index contributed by atoms with van der Waals surface area (Å²) in [5.74, 6) is -0.00809. The SMILES string of the molecule is Cc1c(S(=O)(=O)Nc2cccc(N(C)C)c2)c(N)nn1C. The van der Waals surface area contributed by atoms with Crippen molar-refractivity contribution in [2.24, 2.45) is 7.05 Å². The average Bonchev–Trinajstić information content (AvgIpc) is 2.63. The van der Waals surface area contributed by atoms with Gasteiger partial charge in [0, 0.05) is 26.8 Å². The number of aromatic nitrogens is 2. The van der Waals surface area contributed by atoms with Crippen molar-refractivity contribution < 1.29 is 8.42 Å². The molecule has 0 spiro atoms. The van der Waals surface area contributed by atoms with Gasteiger partial charge in [-0.3, -0.25) is 9.40 Å². The third-order valence-corrected chi connectivity index (χ3v) is 4.73. The Kier molecular flexibility index (Phi) is 3.82. The Hall–Kier alpha value is -2.22. The summed E-state index contributed by atoms with van der Waals surface area (Å²) in [5.41, 5.74) is 7.56. The van der Waals surface area contributed by atoms with Gasteiger partial charge in [-0.1, -0.05) is 6.07 Å². The Morgan fingerprint density at radius 2 is 2.00 bits per heavy atom. The van der Waals surface area contributed by atoms with Crippen LogP contribution in [0.4, 0.5) is 17.2 Å². The molecule has 0 aliphatic heterocycles. The van der Waals surface area contributed by atoms with Gasteiger partial charge in [-0.05, 0) is 25.1 Å². The van der Waals surface area contributed by atoms with Crippen LogP contribution in [0.5, 0.6) is 0 Å². The van der Waals surface area contributed by atoms with Crippen molar-refractivity contribution in [1.82, 2.24) is 9.78 Å². The number of rotatable bonds is 4. The maximum absolute atomic E-state index is 12.5. The minimum Gasteiger partial charge on any atom is -0.381 e. The van der Waals surface area contributed by atoms with Crippen molar-refractivity contribution in [3.05, 3.63) is 30.0 Å². The number of sulfonamides is 1. The molecule has 2 rings (SSSR count). The standard InChI is InChI=1S/C13H19N5O2S/c1-9-12(13(14)15-18(9)4)21(19,20)16-10-6-5-7-11(8-10)17(2)3/h5-8,16H,1-4H3,(H2,14,15). The Labute approximate surface area is 124 Å². The van der Waals surface area contributed by atoms with Crippen LogP contribution in [0, 0.1) is 6.92 Å². The van der Waals surface area contributed by atoms with Crippen LogP contribution in [0.1, 0.15) is 5.69 Å². The quantitative estimate of drug-likeness (QED) is 0.884. The highest BCUT2D eigenvalue weighted by Crippen LogP contribution is 2.25. The summed E-state index contributed by atoms with van der Waals surface area (Å²) in [4.78, 5) is 1.90. The molecule has 0 bridgehead atoms. The predicted octanol–water partition coefficient (Wildman–Crippen LogP) is 1.18. The van der Waals surface area contributed by atoms with E-state index in [0.29, 0.717) is 11.4 Å². The van der Waals surface area contributed by atoms with Gasteiger partial charge in [0.05, 0.1) is 11.4 Å². The first kappa shape index (κ1) is 15.2. The lowest BCUT2D eigenvalue weighted by molar-refractivity contribution is 0.600. The second-order valence-corrected chi connectivity index (χ2v) is 6.59. The third-order valence-electron chi connectivity index (χ3n) is 3.19. The molecule has 21 heavy (non-hydrogen) atoms. The zero-order valence-corrected chi connectivity index (χ0v) is 13.3. The highest BCUT2D eigenvalue weighted by molar-refractivity contribution is 7.93.